The highest BCUT2D eigenvalue weighted by molar-refractivity contribution is 9.10. The number of nitriles is 2. The lowest BCUT2D eigenvalue weighted by molar-refractivity contribution is 0.0240. The molecule has 0 spiro atoms. The quantitative estimate of drug-likeness (QED) is 0.136. The number of benzene rings is 2. The van der Waals surface area contributed by atoms with Crippen LogP contribution in [0.4, 0.5) is 41.2 Å². The van der Waals surface area contributed by atoms with Gasteiger partial charge in [-0.05, 0) is 135 Å². The molecular formula is C51H51BrF2N12O2S2. The summed E-state index contributed by atoms with van der Waals surface area (Å²) in [6, 6.07) is 20.7. The number of hydrogen-bond donors (Lipinski definition) is 0. The van der Waals surface area contributed by atoms with E-state index in [-0.39, 0.29) is 17.7 Å². The average Bonchev–Trinajstić information content (AvgIpc) is 4.14. The number of nitrogens with zero attached hydrogens (tertiary/aromatic N) is 12. The minimum Gasteiger partial charge on any atom is -0.444 e. The van der Waals surface area contributed by atoms with Gasteiger partial charge in [-0.1, -0.05) is 36.5 Å². The van der Waals surface area contributed by atoms with Crippen LogP contribution in [0.3, 0.4) is 0 Å². The van der Waals surface area contributed by atoms with Crippen LogP contribution < -0.4 is 14.7 Å². The Morgan fingerprint density at radius 3 is 1.60 bits per heavy atom. The van der Waals surface area contributed by atoms with E-state index in [1.54, 1.807) is 29.2 Å². The molecule has 2 aromatic carbocycles. The Balaban J connectivity index is 0.000000200. The summed E-state index contributed by atoms with van der Waals surface area (Å²) in [6.07, 6.45) is 5.27. The monoisotopic (exact) mass is 1040 g/mol. The Kier molecular flexibility index (Phi) is 14.3. The van der Waals surface area contributed by atoms with Gasteiger partial charge in [0, 0.05) is 68.3 Å². The highest BCUT2D eigenvalue weighted by Crippen LogP contribution is 2.40. The van der Waals surface area contributed by atoms with Crippen molar-refractivity contribution in [2.45, 2.75) is 66.9 Å². The number of ether oxygens (including phenoxy) is 1. The second-order valence-corrected chi connectivity index (χ2v) is 20.6. The van der Waals surface area contributed by atoms with Crippen LogP contribution in [0.1, 0.15) is 66.9 Å². The molecule has 0 saturated carbocycles. The zero-order valence-corrected chi connectivity index (χ0v) is 43.5. The van der Waals surface area contributed by atoms with E-state index in [0.29, 0.717) is 75.1 Å². The summed E-state index contributed by atoms with van der Waals surface area (Å²) in [5.74, 6) is 1.13. The molecule has 0 radical (unpaired) electrons. The van der Waals surface area contributed by atoms with Crippen LogP contribution in [0.5, 0.6) is 0 Å². The molecule has 19 heteroatoms. The largest absolute Gasteiger partial charge is 0.444 e. The number of piperazine rings is 1. The maximum atomic E-state index is 13.5. The summed E-state index contributed by atoms with van der Waals surface area (Å²) in [5, 5.41) is 20.8. The molecule has 1 saturated heterocycles. The van der Waals surface area contributed by atoms with Crippen molar-refractivity contribution in [2.24, 2.45) is 0 Å². The first-order valence-electron chi connectivity index (χ1n) is 22.6. The fourth-order valence-corrected chi connectivity index (χ4v) is 10.6. The van der Waals surface area contributed by atoms with Gasteiger partial charge in [0.1, 0.15) is 73.4 Å². The third-order valence-corrected chi connectivity index (χ3v) is 14.2. The van der Waals surface area contributed by atoms with Gasteiger partial charge in [-0.15, -0.1) is 0 Å². The van der Waals surface area contributed by atoms with Gasteiger partial charge in [0.05, 0.1) is 17.1 Å². The fraction of sp³-hybridized carbons (Fsp3) is 0.314. The van der Waals surface area contributed by atoms with E-state index in [0.717, 1.165) is 62.0 Å². The number of pyridine rings is 2. The van der Waals surface area contributed by atoms with Crippen molar-refractivity contribution in [1.82, 2.24) is 33.6 Å². The predicted molar refractivity (Wildman–Crippen MR) is 277 cm³/mol. The lowest BCUT2D eigenvalue weighted by atomic mass is 10.1. The number of halogens is 3. The van der Waals surface area contributed by atoms with E-state index in [1.807, 2.05) is 68.3 Å². The number of aryl methyl sites for hydroxylation is 4. The van der Waals surface area contributed by atoms with Crippen molar-refractivity contribution >= 4 is 83.6 Å². The van der Waals surface area contributed by atoms with E-state index in [4.69, 9.17) is 24.7 Å². The number of carbonyl (C=O) groups excluding carboxylic acids is 1. The number of amides is 1. The molecule has 9 rings (SSSR count). The molecule has 0 aliphatic carbocycles. The zero-order valence-electron chi connectivity index (χ0n) is 40.3. The molecule has 1 aliphatic heterocycles. The van der Waals surface area contributed by atoms with Gasteiger partial charge in [-0.25, -0.2) is 33.5 Å². The predicted octanol–water partition coefficient (Wildman–Crippen LogP) is 12.0. The molecule has 7 heterocycles. The van der Waals surface area contributed by atoms with E-state index >= 15 is 0 Å². The molecule has 0 unspecified atom stereocenters. The summed E-state index contributed by atoms with van der Waals surface area (Å²) < 4.78 is 37.5. The number of rotatable bonds is 9. The van der Waals surface area contributed by atoms with E-state index < -0.39 is 5.60 Å². The molecular weight excluding hydrogens is 995 g/mol. The van der Waals surface area contributed by atoms with Crippen LogP contribution in [-0.4, -0.2) is 85.6 Å². The Bertz CT molecular complexity index is 3320. The van der Waals surface area contributed by atoms with Crippen LogP contribution in [0.15, 0.2) is 77.5 Å². The second-order valence-electron chi connectivity index (χ2n) is 17.7. The average molecular weight is 1050 g/mol. The first-order chi connectivity index (χ1) is 33.4. The van der Waals surface area contributed by atoms with Crippen LogP contribution in [-0.2, 0) is 17.6 Å². The first kappa shape index (κ1) is 49.5. The highest BCUT2D eigenvalue weighted by Gasteiger charge is 2.28. The van der Waals surface area contributed by atoms with Crippen LogP contribution >= 0.6 is 38.6 Å². The van der Waals surface area contributed by atoms with Gasteiger partial charge < -0.3 is 24.3 Å². The lowest BCUT2D eigenvalue weighted by Crippen LogP contribution is -2.50. The Morgan fingerprint density at radius 2 is 1.17 bits per heavy atom. The maximum Gasteiger partial charge on any atom is 0.410 e. The summed E-state index contributed by atoms with van der Waals surface area (Å²) in [7, 11) is 3.85. The number of aromatic nitrogens is 6. The van der Waals surface area contributed by atoms with Gasteiger partial charge in [0.15, 0.2) is 10.3 Å². The molecule has 360 valence electrons. The van der Waals surface area contributed by atoms with E-state index in [1.165, 1.54) is 46.9 Å². The summed E-state index contributed by atoms with van der Waals surface area (Å²) in [6.45, 7) is 16.4. The lowest BCUT2D eigenvalue weighted by Gasteiger charge is -2.37. The van der Waals surface area contributed by atoms with E-state index in [9.17, 15) is 24.1 Å². The van der Waals surface area contributed by atoms with Gasteiger partial charge in [0.25, 0.3) is 0 Å². The second kappa shape index (κ2) is 20.2. The smallest absolute Gasteiger partial charge is 0.410 e. The zero-order chi connectivity index (χ0) is 50.2. The van der Waals surface area contributed by atoms with Crippen molar-refractivity contribution in [1.29, 1.82) is 10.5 Å². The van der Waals surface area contributed by atoms with Crippen molar-refractivity contribution in [3.63, 3.8) is 0 Å². The number of hydrogen-bond acceptors (Lipinski definition) is 13. The molecule has 0 atom stereocenters. The minimum absolute atomic E-state index is 0.282. The Labute approximate surface area is 421 Å². The van der Waals surface area contributed by atoms with Gasteiger partial charge in [-0.2, -0.15) is 10.5 Å². The minimum atomic E-state index is -0.525. The van der Waals surface area contributed by atoms with E-state index in [2.05, 4.69) is 70.4 Å². The Morgan fingerprint density at radius 1 is 0.729 bits per heavy atom. The molecule has 6 aromatic heterocycles. The maximum absolute atomic E-state index is 13.5. The standard InChI is InChI=1S/C30H34FN7O2S.C21H17BrFN5S/c1-7-23-27(35(6)28-34-25(24(17-32)41-28)20-8-10-21(31)11-9-20)38-18-22(16-19(2)26(38)33-23)36-12-14-37(15-13-36)29(39)40-30(3,4)5;1-4-16-20(28-11-14(22)9-12(2)19(28)25-16)27(3)21-26-18(17(10-24)29-21)13-5-7-15(23)8-6-13/h8-11,16,18H,7,12-15H2,1-6H3;5-9,11H,4H2,1-3H3. The highest BCUT2D eigenvalue weighted by atomic mass is 79.9. The van der Waals surface area contributed by atoms with Gasteiger partial charge in [-0.3, -0.25) is 8.80 Å². The Hall–Kier alpha value is -6.93. The van der Waals surface area contributed by atoms with Crippen molar-refractivity contribution in [2.75, 3.05) is 55.0 Å². The number of fused-ring (bicyclic) bond motifs is 2. The van der Waals surface area contributed by atoms with Gasteiger partial charge >= 0.3 is 6.09 Å². The first-order valence-corrected chi connectivity index (χ1v) is 25.1. The fourth-order valence-electron chi connectivity index (χ4n) is 8.31. The molecule has 14 nitrogen and oxygen atoms in total. The summed E-state index contributed by atoms with van der Waals surface area (Å²) >= 11 is 6.17. The van der Waals surface area contributed by atoms with Crippen molar-refractivity contribution < 1.29 is 18.3 Å². The molecule has 8 aromatic rings. The van der Waals surface area contributed by atoms with Crippen LogP contribution in [0.2, 0.25) is 0 Å². The summed E-state index contributed by atoms with van der Waals surface area (Å²) in [5.41, 5.74) is 8.73. The molecule has 70 heavy (non-hydrogen) atoms. The summed E-state index contributed by atoms with van der Waals surface area (Å²) in [4.78, 5) is 40.7. The van der Waals surface area contributed by atoms with Crippen LogP contribution in [0, 0.1) is 48.1 Å². The van der Waals surface area contributed by atoms with Crippen LogP contribution in [0.25, 0.3) is 33.8 Å². The molecule has 1 amide bonds. The van der Waals surface area contributed by atoms with Gasteiger partial charge in [0.2, 0.25) is 0 Å². The van der Waals surface area contributed by atoms with Crippen molar-refractivity contribution in [3.8, 4) is 34.7 Å². The molecule has 1 aliphatic rings. The normalized spacial score (nSPS) is 12.7. The molecule has 0 bridgehead atoms. The SMILES string of the molecule is CCc1nc2c(C)cc(Br)cn2c1N(C)c1nc(-c2ccc(F)cc2)c(C#N)s1.CCc1nc2c(C)cc(N3CCN(C(=O)OC(C)(C)C)CC3)cn2c1N(C)c1nc(-c2ccc(F)cc2)c(C#N)s1. The third kappa shape index (κ3) is 10.1. The number of imidazole rings is 2. The molecule has 0 N–H and O–H groups in total. The molecule has 1 fully saturated rings. The topological polar surface area (TPSA) is 147 Å². The third-order valence-electron chi connectivity index (χ3n) is 11.7. The number of thiazole rings is 2. The van der Waals surface area contributed by atoms with Crippen molar-refractivity contribution in [3.05, 3.63) is 121 Å². The number of anilines is 5. The number of carbonyl (C=O) groups is 1.